The van der Waals surface area contributed by atoms with Crippen LogP contribution in [0.25, 0.3) is 0 Å². The molecule has 4 N–H and O–H groups in total. The number of nitrogens with two attached hydrogens (primary N) is 2. The fraction of sp³-hybridized carbons (Fsp3) is 0.375. The van der Waals surface area contributed by atoms with Gasteiger partial charge < -0.3 is 11.5 Å². The van der Waals surface area contributed by atoms with Crippen molar-refractivity contribution in [3.05, 3.63) is 21.4 Å². The minimum atomic E-state index is 0.132. The fourth-order valence-electron chi connectivity index (χ4n) is 1.00. The third kappa shape index (κ3) is 2.60. The second-order valence-corrected chi connectivity index (χ2v) is 4.12. The van der Waals surface area contributed by atoms with Crippen LogP contribution in [0.1, 0.15) is 12.5 Å². The molecular formula is C8H12IN3. The number of hydrogen-bond donors (Lipinski definition) is 2. The zero-order valence-electron chi connectivity index (χ0n) is 6.92. The van der Waals surface area contributed by atoms with Gasteiger partial charge in [0, 0.05) is 15.8 Å². The van der Waals surface area contributed by atoms with Crippen LogP contribution in [0.5, 0.6) is 0 Å². The molecule has 0 radical (unpaired) electrons. The lowest BCUT2D eigenvalue weighted by atomic mass is 10.1. The Balaban J connectivity index is 2.90. The standard InChI is InChI=1S/C8H12IN3/c1-5(10)2-6-3-7(9)4-12-8(6)11/h3-5H,2,10H2,1H3,(H2,11,12). The van der Waals surface area contributed by atoms with Gasteiger partial charge in [-0.2, -0.15) is 0 Å². The van der Waals surface area contributed by atoms with Crippen LogP contribution in [0.4, 0.5) is 5.82 Å². The number of pyridine rings is 1. The minimum absolute atomic E-state index is 0.132. The Morgan fingerprint density at radius 2 is 2.33 bits per heavy atom. The lowest BCUT2D eigenvalue weighted by molar-refractivity contribution is 0.737. The number of nitrogen functional groups attached to an aromatic ring is 1. The van der Waals surface area contributed by atoms with Crippen molar-refractivity contribution in [2.75, 3.05) is 5.73 Å². The van der Waals surface area contributed by atoms with Crippen LogP contribution in [0.2, 0.25) is 0 Å². The van der Waals surface area contributed by atoms with Crippen LogP contribution in [0.15, 0.2) is 12.3 Å². The van der Waals surface area contributed by atoms with Crippen molar-refractivity contribution in [3.63, 3.8) is 0 Å². The molecule has 0 aliphatic rings. The van der Waals surface area contributed by atoms with Gasteiger partial charge in [0.25, 0.3) is 0 Å². The zero-order chi connectivity index (χ0) is 9.14. The Morgan fingerprint density at radius 1 is 1.67 bits per heavy atom. The number of aromatic nitrogens is 1. The van der Waals surface area contributed by atoms with Gasteiger partial charge in [-0.1, -0.05) is 0 Å². The molecule has 66 valence electrons. The molecule has 1 aromatic rings. The zero-order valence-corrected chi connectivity index (χ0v) is 9.08. The van der Waals surface area contributed by atoms with E-state index in [9.17, 15) is 0 Å². The minimum Gasteiger partial charge on any atom is -0.383 e. The molecule has 1 heterocycles. The molecule has 4 heteroatoms. The summed E-state index contributed by atoms with van der Waals surface area (Å²) < 4.78 is 1.09. The molecule has 1 aromatic heterocycles. The highest BCUT2D eigenvalue weighted by atomic mass is 127. The first-order valence-corrected chi connectivity index (χ1v) is 4.83. The number of nitrogens with zero attached hydrogens (tertiary/aromatic N) is 1. The van der Waals surface area contributed by atoms with E-state index in [0.29, 0.717) is 5.82 Å². The Bertz CT molecular complexity index is 273. The van der Waals surface area contributed by atoms with E-state index in [0.717, 1.165) is 15.6 Å². The highest BCUT2D eigenvalue weighted by Gasteiger charge is 2.03. The van der Waals surface area contributed by atoms with Gasteiger partial charge in [0.05, 0.1) is 0 Å². The van der Waals surface area contributed by atoms with Crippen LogP contribution >= 0.6 is 22.6 Å². The van der Waals surface area contributed by atoms with Gasteiger partial charge in [-0.05, 0) is 47.6 Å². The van der Waals surface area contributed by atoms with E-state index in [-0.39, 0.29) is 6.04 Å². The molecular weight excluding hydrogens is 265 g/mol. The highest BCUT2D eigenvalue weighted by Crippen LogP contribution is 2.13. The van der Waals surface area contributed by atoms with Crippen molar-refractivity contribution in [3.8, 4) is 0 Å². The first-order chi connectivity index (χ1) is 5.59. The van der Waals surface area contributed by atoms with Crippen molar-refractivity contribution in [1.29, 1.82) is 0 Å². The summed E-state index contributed by atoms with van der Waals surface area (Å²) in [5, 5.41) is 0. The van der Waals surface area contributed by atoms with Gasteiger partial charge in [-0.25, -0.2) is 4.98 Å². The summed E-state index contributed by atoms with van der Waals surface area (Å²) in [5.74, 6) is 0.590. The quantitative estimate of drug-likeness (QED) is 0.797. The summed E-state index contributed by atoms with van der Waals surface area (Å²) in [6.45, 7) is 1.96. The molecule has 1 rings (SSSR count). The molecule has 0 amide bonds. The largest absolute Gasteiger partial charge is 0.383 e. The smallest absolute Gasteiger partial charge is 0.126 e. The van der Waals surface area contributed by atoms with Crippen LogP contribution in [0.3, 0.4) is 0 Å². The summed E-state index contributed by atoms with van der Waals surface area (Å²) in [4.78, 5) is 4.05. The highest BCUT2D eigenvalue weighted by molar-refractivity contribution is 14.1. The van der Waals surface area contributed by atoms with E-state index >= 15 is 0 Å². The molecule has 0 aliphatic heterocycles. The summed E-state index contributed by atoms with van der Waals surface area (Å²) in [6.07, 6.45) is 2.54. The lowest BCUT2D eigenvalue weighted by Crippen LogP contribution is -2.19. The monoisotopic (exact) mass is 277 g/mol. The third-order valence-electron chi connectivity index (χ3n) is 1.51. The van der Waals surface area contributed by atoms with Crippen LogP contribution < -0.4 is 11.5 Å². The molecule has 0 bridgehead atoms. The van der Waals surface area contributed by atoms with Gasteiger partial charge in [-0.3, -0.25) is 0 Å². The average Bonchev–Trinajstić information content (AvgIpc) is 1.96. The van der Waals surface area contributed by atoms with Gasteiger partial charge in [0.1, 0.15) is 5.82 Å². The second-order valence-electron chi connectivity index (χ2n) is 2.88. The first-order valence-electron chi connectivity index (χ1n) is 3.75. The predicted molar refractivity (Wildman–Crippen MR) is 58.7 cm³/mol. The van der Waals surface area contributed by atoms with Crippen LogP contribution in [0, 0.1) is 3.57 Å². The maximum absolute atomic E-state index is 5.67. The Morgan fingerprint density at radius 3 is 2.92 bits per heavy atom. The van der Waals surface area contributed by atoms with E-state index in [2.05, 4.69) is 27.6 Å². The number of rotatable bonds is 2. The van der Waals surface area contributed by atoms with Crippen molar-refractivity contribution < 1.29 is 0 Å². The SMILES string of the molecule is CC(N)Cc1cc(I)cnc1N. The maximum Gasteiger partial charge on any atom is 0.126 e. The topological polar surface area (TPSA) is 64.9 Å². The Kier molecular flexibility index (Phi) is 3.28. The Labute approximate surface area is 85.7 Å². The number of halogens is 1. The third-order valence-corrected chi connectivity index (χ3v) is 2.10. The van der Waals surface area contributed by atoms with E-state index < -0.39 is 0 Å². The normalized spacial score (nSPS) is 12.9. The van der Waals surface area contributed by atoms with Crippen molar-refractivity contribution >= 4 is 28.4 Å². The summed E-state index contributed by atoms with van der Waals surface area (Å²) >= 11 is 2.21. The average molecular weight is 277 g/mol. The molecule has 0 aliphatic carbocycles. The van der Waals surface area contributed by atoms with E-state index in [1.54, 1.807) is 6.20 Å². The molecule has 3 nitrogen and oxygen atoms in total. The van der Waals surface area contributed by atoms with Crippen molar-refractivity contribution in [2.24, 2.45) is 5.73 Å². The predicted octanol–water partition coefficient (Wildman–Crippen LogP) is 1.16. The van der Waals surface area contributed by atoms with E-state index in [1.165, 1.54) is 0 Å². The Hall–Kier alpha value is -0.360. The molecule has 1 unspecified atom stereocenters. The van der Waals surface area contributed by atoms with Crippen LogP contribution in [-0.2, 0) is 6.42 Å². The molecule has 0 fully saturated rings. The lowest BCUT2D eigenvalue weighted by Gasteiger charge is -2.07. The molecule has 0 spiro atoms. The van der Waals surface area contributed by atoms with Crippen molar-refractivity contribution in [2.45, 2.75) is 19.4 Å². The fourth-order valence-corrected chi connectivity index (χ4v) is 1.52. The van der Waals surface area contributed by atoms with E-state index in [4.69, 9.17) is 11.5 Å². The molecule has 0 saturated carbocycles. The summed E-state index contributed by atoms with van der Waals surface area (Å²) in [7, 11) is 0. The van der Waals surface area contributed by atoms with Gasteiger partial charge in [-0.15, -0.1) is 0 Å². The number of anilines is 1. The van der Waals surface area contributed by atoms with E-state index in [1.807, 2.05) is 13.0 Å². The van der Waals surface area contributed by atoms with Crippen LogP contribution in [-0.4, -0.2) is 11.0 Å². The summed E-state index contributed by atoms with van der Waals surface area (Å²) in [6, 6.07) is 2.15. The molecule has 1 atom stereocenters. The number of hydrogen-bond acceptors (Lipinski definition) is 3. The van der Waals surface area contributed by atoms with Gasteiger partial charge >= 0.3 is 0 Å². The first kappa shape index (κ1) is 9.73. The van der Waals surface area contributed by atoms with Crippen molar-refractivity contribution in [1.82, 2.24) is 4.98 Å². The second kappa shape index (κ2) is 4.04. The van der Waals surface area contributed by atoms with Gasteiger partial charge in [0.15, 0.2) is 0 Å². The molecule has 0 saturated heterocycles. The molecule has 12 heavy (non-hydrogen) atoms. The maximum atomic E-state index is 5.67. The van der Waals surface area contributed by atoms with Gasteiger partial charge in [0.2, 0.25) is 0 Å². The molecule has 0 aromatic carbocycles. The summed E-state index contributed by atoms with van der Waals surface area (Å²) in [5.41, 5.74) is 12.4.